The zero-order valence-corrected chi connectivity index (χ0v) is 13.1. The summed E-state index contributed by atoms with van der Waals surface area (Å²) in [5, 5.41) is 0. The highest BCUT2D eigenvalue weighted by atomic mass is 16.5. The second kappa shape index (κ2) is 7.99. The van der Waals surface area contributed by atoms with Gasteiger partial charge in [-0.2, -0.15) is 0 Å². The topological polar surface area (TPSA) is 32.8 Å². The number of carbonyl (C=O) groups is 1. The number of hydrogen-bond acceptors (Lipinski definition) is 4. The number of ether oxygens (including phenoxy) is 1. The Balaban J connectivity index is 1.69. The predicted octanol–water partition coefficient (Wildman–Crippen LogP) is 2.14. The molecular weight excluding hydrogens is 252 g/mol. The van der Waals surface area contributed by atoms with E-state index in [0.29, 0.717) is 6.61 Å². The van der Waals surface area contributed by atoms with Gasteiger partial charge in [0.15, 0.2) is 0 Å². The zero-order chi connectivity index (χ0) is 14.4. The van der Waals surface area contributed by atoms with Gasteiger partial charge in [0.2, 0.25) is 0 Å². The van der Waals surface area contributed by atoms with Crippen LogP contribution in [0.4, 0.5) is 0 Å². The van der Waals surface area contributed by atoms with Crippen LogP contribution in [0.5, 0.6) is 0 Å². The quantitative estimate of drug-likeness (QED) is 0.723. The van der Waals surface area contributed by atoms with Gasteiger partial charge in [-0.15, -0.1) is 0 Å². The van der Waals surface area contributed by atoms with Crippen molar-refractivity contribution >= 4 is 5.97 Å². The summed E-state index contributed by atoms with van der Waals surface area (Å²) >= 11 is 0. The number of piperidine rings is 2. The van der Waals surface area contributed by atoms with Gasteiger partial charge in [0, 0.05) is 12.6 Å². The molecule has 20 heavy (non-hydrogen) atoms. The summed E-state index contributed by atoms with van der Waals surface area (Å²) in [6, 6.07) is 0.782. The summed E-state index contributed by atoms with van der Waals surface area (Å²) < 4.78 is 5.09. The molecule has 0 aromatic heterocycles. The third kappa shape index (κ3) is 4.45. The van der Waals surface area contributed by atoms with E-state index in [9.17, 15) is 4.79 Å². The lowest BCUT2D eigenvalue weighted by molar-refractivity contribution is -0.148. The molecule has 0 amide bonds. The van der Waals surface area contributed by atoms with Crippen molar-refractivity contribution in [3.05, 3.63) is 0 Å². The van der Waals surface area contributed by atoms with E-state index in [0.717, 1.165) is 25.7 Å². The Kier molecular flexibility index (Phi) is 6.30. The molecule has 0 aromatic carbocycles. The van der Waals surface area contributed by atoms with Gasteiger partial charge in [-0.1, -0.05) is 13.3 Å². The van der Waals surface area contributed by atoms with E-state index in [2.05, 4.69) is 9.80 Å². The standard InChI is InChI=1S/C16H30N2O2/c1-3-20-16(19)14(2)13-17-11-7-15(8-12-17)18-9-5-4-6-10-18/h14-15H,3-13H2,1-2H3. The molecule has 0 saturated carbocycles. The van der Waals surface area contributed by atoms with Crippen LogP contribution in [0.15, 0.2) is 0 Å². The Morgan fingerprint density at radius 1 is 1.15 bits per heavy atom. The molecule has 1 unspecified atom stereocenters. The third-order valence-electron chi connectivity index (χ3n) is 4.69. The molecule has 0 bridgehead atoms. The Morgan fingerprint density at radius 3 is 2.40 bits per heavy atom. The minimum absolute atomic E-state index is 0.00138. The van der Waals surface area contributed by atoms with Crippen molar-refractivity contribution in [3.63, 3.8) is 0 Å². The van der Waals surface area contributed by atoms with Gasteiger partial charge in [-0.25, -0.2) is 0 Å². The molecule has 0 radical (unpaired) electrons. The van der Waals surface area contributed by atoms with E-state index in [1.54, 1.807) is 0 Å². The van der Waals surface area contributed by atoms with E-state index in [1.165, 1.54) is 45.2 Å². The molecule has 4 heteroatoms. The van der Waals surface area contributed by atoms with E-state index < -0.39 is 0 Å². The van der Waals surface area contributed by atoms with Crippen LogP contribution in [0.2, 0.25) is 0 Å². The minimum Gasteiger partial charge on any atom is -0.466 e. The first-order valence-corrected chi connectivity index (χ1v) is 8.33. The first-order valence-electron chi connectivity index (χ1n) is 8.33. The summed E-state index contributed by atoms with van der Waals surface area (Å²) in [7, 11) is 0. The summed E-state index contributed by atoms with van der Waals surface area (Å²) in [4.78, 5) is 16.8. The van der Waals surface area contributed by atoms with Crippen molar-refractivity contribution < 1.29 is 9.53 Å². The molecule has 2 rings (SSSR count). The fraction of sp³-hybridized carbons (Fsp3) is 0.938. The van der Waals surface area contributed by atoms with Crippen LogP contribution in [0.3, 0.4) is 0 Å². The van der Waals surface area contributed by atoms with Gasteiger partial charge < -0.3 is 14.5 Å². The van der Waals surface area contributed by atoms with Crippen molar-refractivity contribution in [2.24, 2.45) is 5.92 Å². The summed E-state index contributed by atoms with van der Waals surface area (Å²) in [5.41, 5.74) is 0. The van der Waals surface area contributed by atoms with Crippen LogP contribution in [0.25, 0.3) is 0 Å². The fourth-order valence-corrected chi connectivity index (χ4v) is 3.50. The molecule has 2 heterocycles. The Morgan fingerprint density at radius 2 is 1.80 bits per heavy atom. The highest BCUT2D eigenvalue weighted by molar-refractivity contribution is 5.72. The highest BCUT2D eigenvalue weighted by Crippen LogP contribution is 2.21. The smallest absolute Gasteiger partial charge is 0.309 e. The zero-order valence-electron chi connectivity index (χ0n) is 13.1. The van der Waals surface area contributed by atoms with Crippen molar-refractivity contribution in [2.75, 3.05) is 39.3 Å². The van der Waals surface area contributed by atoms with Crippen LogP contribution >= 0.6 is 0 Å². The maximum Gasteiger partial charge on any atom is 0.309 e. The molecule has 2 fully saturated rings. The molecule has 2 aliphatic heterocycles. The van der Waals surface area contributed by atoms with Crippen LogP contribution in [0.1, 0.15) is 46.0 Å². The lowest BCUT2D eigenvalue weighted by atomic mass is 9.99. The van der Waals surface area contributed by atoms with Crippen molar-refractivity contribution in [1.29, 1.82) is 0 Å². The van der Waals surface area contributed by atoms with Crippen LogP contribution in [-0.2, 0) is 9.53 Å². The second-order valence-electron chi connectivity index (χ2n) is 6.28. The number of nitrogens with zero attached hydrogens (tertiary/aromatic N) is 2. The average Bonchev–Trinajstić information content (AvgIpc) is 2.49. The number of esters is 1. The van der Waals surface area contributed by atoms with Crippen LogP contribution < -0.4 is 0 Å². The van der Waals surface area contributed by atoms with Gasteiger partial charge in [-0.3, -0.25) is 4.79 Å². The van der Waals surface area contributed by atoms with Crippen molar-refractivity contribution in [2.45, 2.75) is 52.0 Å². The van der Waals surface area contributed by atoms with Gasteiger partial charge in [0.1, 0.15) is 0 Å². The molecule has 0 N–H and O–H groups in total. The third-order valence-corrected chi connectivity index (χ3v) is 4.69. The highest BCUT2D eigenvalue weighted by Gasteiger charge is 2.27. The van der Waals surface area contributed by atoms with Crippen molar-refractivity contribution in [3.8, 4) is 0 Å². The Hall–Kier alpha value is -0.610. The minimum atomic E-state index is -0.0503. The van der Waals surface area contributed by atoms with Crippen LogP contribution in [-0.4, -0.2) is 61.1 Å². The largest absolute Gasteiger partial charge is 0.466 e. The SMILES string of the molecule is CCOC(=O)C(C)CN1CCC(N2CCCCC2)CC1. The first kappa shape index (κ1) is 15.8. The molecular formula is C16H30N2O2. The van der Waals surface area contributed by atoms with Gasteiger partial charge in [0.25, 0.3) is 0 Å². The number of rotatable bonds is 5. The molecule has 116 valence electrons. The number of likely N-dealkylation sites (tertiary alicyclic amines) is 2. The summed E-state index contributed by atoms with van der Waals surface area (Å²) in [6.45, 7) is 10.0. The lowest BCUT2D eigenvalue weighted by Gasteiger charge is -2.40. The van der Waals surface area contributed by atoms with Crippen molar-refractivity contribution in [1.82, 2.24) is 9.80 Å². The van der Waals surface area contributed by atoms with E-state index in [1.807, 2.05) is 13.8 Å². The lowest BCUT2D eigenvalue weighted by Crippen LogP contribution is -2.47. The number of hydrogen-bond donors (Lipinski definition) is 0. The van der Waals surface area contributed by atoms with Gasteiger partial charge in [0.05, 0.1) is 12.5 Å². The summed E-state index contributed by atoms with van der Waals surface area (Å²) in [6.07, 6.45) is 6.68. The number of carbonyl (C=O) groups excluding carboxylic acids is 1. The van der Waals surface area contributed by atoms with Crippen LogP contribution in [0, 0.1) is 5.92 Å². The average molecular weight is 282 g/mol. The Labute approximate surface area is 123 Å². The molecule has 0 spiro atoms. The van der Waals surface area contributed by atoms with E-state index in [4.69, 9.17) is 4.74 Å². The van der Waals surface area contributed by atoms with Gasteiger partial charge >= 0.3 is 5.97 Å². The summed E-state index contributed by atoms with van der Waals surface area (Å²) in [5.74, 6) is -0.0489. The van der Waals surface area contributed by atoms with E-state index >= 15 is 0 Å². The molecule has 0 aliphatic carbocycles. The monoisotopic (exact) mass is 282 g/mol. The maximum atomic E-state index is 11.7. The molecule has 2 aliphatic rings. The van der Waals surface area contributed by atoms with E-state index in [-0.39, 0.29) is 11.9 Å². The second-order valence-corrected chi connectivity index (χ2v) is 6.28. The fourth-order valence-electron chi connectivity index (χ4n) is 3.50. The van der Waals surface area contributed by atoms with Gasteiger partial charge in [-0.05, 0) is 58.8 Å². The first-order chi connectivity index (χ1) is 9.70. The molecule has 1 atom stereocenters. The maximum absolute atomic E-state index is 11.7. The normalized spacial score (nSPS) is 24.5. The molecule has 4 nitrogen and oxygen atoms in total. The Bertz CT molecular complexity index is 295. The molecule has 0 aromatic rings. The predicted molar refractivity (Wildman–Crippen MR) is 80.7 cm³/mol. The molecule has 2 saturated heterocycles.